The number of nitrogens with one attached hydrogen (secondary N) is 1. The van der Waals surface area contributed by atoms with E-state index < -0.39 is 0 Å². The van der Waals surface area contributed by atoms with Crippen LogP contribution in [-0.2, 0) is 9.53 Å². The van der Waals surface area contributed by atoms with E-state index in [1.807, 2.05) is 23.1 Å². The maximum Gasteiger partial charge on any atom is 0.224 e. The van der Waals surface area contributed by atoms with Crippen molar-refractivity contribution in [2.75, 3.05) is 46.3 Å². The van der Waals surface area contributed by atoms with Gasteiger partial charge < -0.3 is 24.4 Å². The highest BCUT2D eigenvalue weighted by Gasteiger charge is 2.23. The summed E-state index contributed by atoms with van der Waals surface area (Å²) in [6.45, 7) is 2.02. The molecule has 2 rings (SSSR count). The first-order valence-corrected chi connectivity index (χ1v) is 7.93. The van der Waals surface area contributed by atoms with E-state index >= 15 is 0 Å². The predicted molar refractivity (Wildman–Crippen MR) is 89.3 cm³/mol. The molecule has 0 unspecified atom stereocenters. The van der Waals surface area contributed by atoms with Crippen LogP contribution in [0, 0.1) is 0 Å². The van der Waals surface area contributed by atoms with E-state index in [4.69, 9.17) is 14.2 Å². The van der Waals surface area contributed by atoms with Crippen LogP contribution in [0.2, 0.25) is 0 Å². The molecule has 1 fully saturated rings. The molecule has 1 saturated heterocycles. The Bertz CT molecular complexity index is 521. The second kappa shape index (κ2) is 8.62. The summed E-state index contributed by atoms with van der Waals surface area (Å²) >= 11 is 0. The normalized spacial score (nSPS) is 17.7. The first kappa shape index (κ1) is 17.4. The number of anilines is 1. The fourth-order valence-electron chi connectivity index (χ4n) is 2.83. The van der Waals surface area contributed by atoms with Crippen molar-refractivity contribution in [3.05, 3.63) is 18.2 Å². The lowest BCUT2D eigenvalue weighted by Crippen LogP contribution is -2.45. The Labute approximate surface area is 137 Å². The molecule has 1 aliphatic heterocycles. The van der Waals surface area contributed by atoms with Crippen LogP contribution in [-0.4, -0.2) is 57.9 Å². The third-order valence-corrected chi connectivity index (χ3v) is 4.05. The van der Waals surface area contributed by atoms with Crippen LogP contribution in [0.15, 0.2) is 18.2 Å². The van der Waals surface area contributed by atoms with Crippen LogP contribution in [0.25, 0.3) is 0 Å². The highest BCUT2D eigenvalue weighted by atomic mass is 16.5. The number of rotatable bonds is 7. The van der Waals surface area contributed by atoms with Crippen molar-refractivity contribution in [1.29, 1.82) is 0 Å². The van der Waals surface area contributed by atoms with Crippen LogP contribution >= 0.6 is 0 Å². The molecule has 1 amide bonds. The monoisotopic (exact) mass is 322 g/mol. The van der Waals surface area contributed by atoms with E-state index in [1.54, 1.807) is 21.3 Å². The third kappa shape index (κ3) is 4.76. The molecule has 0 bridgehead atoms. The number of benzene rings is 1. The summed E-state index contributed by atoms with van der Waals surface area (Å²) in [6.07, 6.45) is 2.49. The van der Waals surface area contributed by atoms with Crippen molar-refractivity contribution in [3.63, 3.8) is 0 Å². The Morgan fingerprint density at radius 1 is 1.26 bits per heavy atom. The number of methoxy groups -OCH3 is 3. The van der Waals surface area contributed by atoms with Crippen LogP contribution in [0.4, 0.5) is 5.69 Å². The van der Waals surface area contributed by atoms with E-state index in [0.29, 0.717) is 24.5 Å². The van der Waals surface area contributed by atoms with Gasteiger partial charge in [-0.3, -0.25) is 4.79 Å². The molecular weight excluding hydrogens is 296 g/mol. The minimum absolute atomic E-state index is 0.158. The first-order chi connectivity index (χ1) is 11.2. The second-order valence-corrected chi connectivity index (χ2v) is 5.64. The third-order valence-electron chi connectivity index (χ3n) is 4.05. The molecule has 0 spiro atoms. The molecule has 1 aromatic carbocycles. The highest BCUT2D eigenvalue weighted by Crippen LogP contribution is 2.30. The molecular formula is C17H26N2O4. The quantitative estimate of drug-likeness (QED) is 0.833. The van der Waals surface area contributed by atoms with E-state index in [1.165, 1.54) is 0 Å². The Morgan fingerprint density at radius 2 is 2.04 bits per heavy atom. The lowest BCUT2D eigenvalue weighted by atomic mass is 10.0. The minimum Gasteiger partial charge on any atom is -0.493 e. The van der Waals surface area contributed by atoms with Gasteiger partial charge in [0.2, 0.25) is 5.91 Å². The van der Waals surface area contributed by atoms with Gasteiger partial charge in [0.05, 0.1) is 27.2 Å². The van der Waals surface area contributed by atoms with Gasteiger partial charge in [-0.1, -0.05) is 0 Å². The number of carbonyl (C=O) groups is 1. The number of carbonyl (C=O) groups excluding carboxylic acids is 1. The Balaban J connectivity index is 1.95. The topological polar surface area (TPSA) is 60.0 Å². The molecule has 0 saturated carbocycles. The van der Waals surface area contributed by atoms with Crippen LogP contribution < -0.4 is 14.8 Å². The first-order valence-electron chi connectivity index (χ1n) is 7.93. The average molecular weight is 322 g/mol. The summed E-state index contributed by atoms with van der Waals surface area (Å²) in [5.41, 5.74) is 0.971. The molecule has 1 aromatic rings. The molecule has 6 nitrogen and oxygen atoms in total. The summed E-state index contributed by atoms with van der Waals surface area (Å²) in [7, 11) is 4.86. The van der Waals surface area contributed by atoms with Crippen molar-refractivity contribution < 1.29 is 19.0 Å². The number of hydrogen-bond acceptors (Lipinski definition) is 5. The molecule has 128 valence electrons. The molecule has 0 aromatic heterocycles. The Morgan fingerprint density at radius 3 is 2.74 bits per heavy atom. The number of nitrogens with zero attached hydrogens (tertiary/aromatic N) is 1. The molecule has 0 aliphatic carbocycles. The number of piperidine rings is 1. The van der Waals surface area contributed by atoms with Gasteiger partial charge >= 0.3 is 0 Å². The van der Waals surface area contributed by atoms with Gasteiger partial charge in [0.15, 0.2) is 11.5 Å². The van der Waals surface area contributed by atoms with Crippen LogP contribution in [0.1, 0.15) is 19.3 Å². The highest BCUT2D eigenvalue weighted by molar-refractivity contribution is 5.76. The van der Waals surface area contributed by atoms with Gasteiger partial charge in [0.25, 0.3) is 0 Å². The standard InChI is InChI=1S/C17H26N2O4/c1-21-10-8-17(20)19-9-4-5-14(12-19)18-13-6-7-15(22-2)16(11-13)23-3/h6-7,11,14,18H,4-5,8-10,12H2,1-3H3/t14-/m1/s1. The number of likely N-dealkylation sites (tertiary alicyclic amines) is 1. The molecule has 1 atom stereocenters. The molecule has 1 aliphatic rings. The van der Waals surface area contributed by atoms with Crippen molar-refractivity contribution >= 4 is 11.6 Å². The zero-order chi connectivity index (χ0) is 16.7. The van der Waals surface area contributed by atoms with Gasteiger partial charge in [-0.15, -0.1) is 0 Å². The van der Waals surface area contributed by atoms with Crippen molar-refractivity contribution in [1.82, 2.24) is 4.90 Å². The predicted octanol–water partition coefficient (Wildman–Crippen LogP) is 2.14. The Hall–Kier alpha value is -1.95. The average Bonchev–Trinajstić information content (AvgIpc) is 2.59. The van der Waals surface area contributed by atoms with Crippen LogP contribution in [0.3, 0.4) is 0 Å². The summed E-state index contributed by atoms with van der Waals surface area (Å²) in [5, 5.41) is 3.49. The van der Waals surface area contributed by atoms with Gasteiger partial charge in [-0.25, -0.2) is 0 Å². The van der Waals surface area contributed by atoms with E-state index in [9.17, 15) is 4.79 Å². The number of amides is 1. The lowest BCUT2D eigenvalue weighted by Gasteiger charge is -2.34. The van der Waals surface area contributed by atoms with Crippen LogP contribution in [0.5, 0.6) is 11.5 Å². The van der Waals surface area contributed by atoms with Gasteiger partial charge in [-0.05, 0) is 25.0 Å². The molecule has 6 heteroatoms. The summed E-state index contributed by atoms with van der Waals surface area (Å²) < 4.78 is 15.6. The number of ether oxygens (including phenoxy) is 3. The van der Waals surface area contributed by atoms with E-state index in [2.05, 4.69) is 5.32 Å². The van der Waals surface area contributed by atoms with Gasteiger partial charge in [-0.2, -0.15) is 0 Å². The molecule has 1 N–H and O–H groups in total. The molecule has 0 radical (unpaired) electrons. The maximum atomic E-state index is 12.1. The largest absolute Gasteiger partial charge is 0.493 e. The van der Waals surface area contributed by atoms with E-state index in [-0.39, 0.29) is 11.9 Å². The maximum absolute atomic E-state index is 12.1. The van der Waals surface area contributed by atoms with Crippen molar-refractivity contribution in [3.8, 4) is 11.5 Å². The smallest absolute Gasteiger partial charge is 0.224 e. The summed E-state index contributed by atoms with van der Waals surface area (Å²) in [5.74, 6) is 1.56. The fourth-order valence-corrected chi connectivity index (χ4v) is 2.83. The minimum atomic E-state index is 0.158. The number of hydrogen-bond donors (Lipinski definition) is 1. The SMILES string of the molecule is COCCC(=O)N1CCC[C@@H](Nc2ccc(OC)c(OC)c2)C1. The fraction of sp³-hybridized carbons (Fsp3) is 0.588. The molecule has 23 heavy (non-hydrogen) atoms. The Kier molecular flexibility index (Phi) is 6.52. The van der Waals surface area contributed by atoms with Gasteiger partial charge in [0, 0.05) is 38.0 Å². The summed E-state index contributed by atoms with van der Waals surface area (Å²) in [6, 6.07) is 6.01. The second-order valence-electron chi connectivity index (χ2n) is 5.64. The van der Waals surface area contributed by atoms with E-state index in [0.717, 1.165) is 31.6 Å². The zero-order valence-corrected chi connectivity index (χ0v) is 14.1. The van der Waals surface area contributed by atoms with Crippen molar-refractivity contribution in [2.24, 2.45) is 0 Å². The summed E-state index contributed by atoms with van der Waals surface area (Å²) in [4.78, 5) is 14.0. The van der Waals surface area contributed by atoms with Crippen molar-refractivity contribution in [2.45, 2.75) is 25.3 Å². The van der Waals surface area contributed by atoms with Gasteiger partial charge in [0.1, 0.15) is 0 Å². The lowest BCUT2D eigenvalue weighted by molar-refractivity contribution is -0.133. The zero-order valence-electron chi connectivity index (χ0n) is 14.1. The molecule has 1 heterocycles.